The molecule has 134 valence electrons. The van der Waals surface area contributed by atoms with E-state index >= 15 is 0 Å². The van der Waals surface area contributed by atoms with Gasteiger partial charge in [-0.15, -0.1) is 0 Å². The van der Waals surface area contributed by atoms with Gasteiger partial charge in [0.1, 0.15) is 6.17 Å². The van der Waals surface area contributed by atoms with Crippen molar-refractivity contribution in [3.8, 4) is 0 Å². The van der Waals surface area contributed by atoms with Crippen molar-refractivity contribution in [2.45, 2.75) is 32.9 Å². The molecule has 1 aliphatic carbocycles. The topological polar surface area (TPSA) is 32.3 Å². The minimum absolute atomic E-state index is 0.00937. The molecule has 4 rings (SSSR count). The first-order valence-electron chi connectivity index (χ1n) is 9.03. The molecule has 0 saturated heterocycles. The van der Waals surface area contributed by atoms with E-state index in [0.717, 1.165) is 22.2 Å². The predicted molar refractivity (Wildman–Crippen MR) is 109 cm³/mol. The summed E-state index contributed by atoms with van der Waals surface area (Å²) in [6.07, 6.45) is 1.56. The van der Waals surface area contributed by atoms with Crippen LogP contribution in [0.25, 0.3) is 0 Å². The van der Waals surface area contributed by atoms with Crippen molar-refractivity contribution >= 4 is 27.4 Å². The summed E-state index contributed by atoms with van der Waals surface area (Å²) in [6, 6.07) is 18.8. The van der Waals surface area contributed by atoms with Crippen molar-refractivity contribution in [1.82, 2.24) is 5.32 Å². The average Bonchev–Trinajstić information content (AvgIpc) is 2.61. The number of hydrogen-bond donors (Lipinski definition) is 1. The number of nitrogens with zero attached hydrogens (tertiary/aromatic N) is 1. The maximum Gasteiger partial charge on any atom is 0.162 e. The number of rotatable bonds is 2. The van der Waals surface area contributed by atoms with Gasteiger partial charge in [0.05, 0.1) is 0 Å². The van der Waals surface area contributed by atoms with Crippen LogP contribution in [0.2, 0.25) is 0 Å². The number of ketones is 1. The molecule has 1 atom stereocenters. The second kappa shape index (κ2) is 6.67. The molecule has 0 aromatic heterocycles. The first-order chi connectivity index (χ1) is 12.4. The van der Waals surface area contributed by atoms with Crippen LogP contribution in [0.5, 0.6) is 0 Å². The van der Waals surface area contributed by atoms with Crippen molar-refractivity contribution in [2.75, 3.05) is 11.4 Å². The Labute approximate surface area is 163 Å². The molecule has 1 unspecified atom stereocenters. The summed E-state index contributed by atoms with van der Waals surface area (Å²) in [4.78, 5) is 15.1. The molecule has 0 spiro atoms. The number of carbonyl (C=O) groups is 1. The quantitative estimate of drug-likeness (QED) is 0.737. The molecular weight excluding hydrogens is 388 g/mol. The van der Waals surface area contributed by atoms with Crippen LogP contribution in [0, 0.1) is 5.41 Å². The van der Waals surface area contributed by atoms with Crippen LogP contribution in [-0.4, -0.2) is 12.3 Å². The Balaban J connectivity index is 1.84. The molecule has 2 aromatic rings. The van der Waals surface area contributed by atoms with Crippen molar-refractivity contribution in [3.05, 3.63) is 75.9 Å². The van der Waals surface area contributed by atoms with E-state index in [4.69, 9.17) is 0 Å². The lowest BCUT2D eigenvalue weighted by Crippen LogP contribution is -2.48. The van der Waals surface area contributed by atoms with Crippen molar-refractivity contribution in [3.63, 3.8) is 0 Å². The number of nitrogens with one attached hydrogen (secondary N) is 1. The molecule has 0 bridgehead atoms. The van der Waals surface area contributed by atoms with Crippen molar-refractivity contribution in [1.29, 1.82) is 0 Å². The number of halogens is 1. The summed E-state index contributed by atoms with van der Waals surface area (Å²) in [5.41, 5.74) is 4.42. The van der Waals surface area contributed by atoms with Gasteiger partial charge in [0.25, 0.3) is 0 Å². The molecule has 4 heteroatoms. The highest BCUT2D eigenvalue weighted by molar-refractivity contribution is 9.10. The van der Waals surface area contributed by atoms with Gasteiger partial charge in [-0.05, 0) is 41.7 Å². The number of carbonyl (C=O) groups excluding carboxylic acids is 1. The van der Waals surface area contributed by atoms with Crippen LogP contribution in [0.1, 0.15) is 38.4 Å². The van der Waals surface area contributed by atoms with E-state index in [-0.39, 0.29) is 17.4 Å². The monoisotopic (exact) mass is 410 g/mol. The molecule has 0 saturated carbocycles. The third-order valence-electron chi connectivity index (χ3n) is 5.21. The van der Waals surface area contributed by atoms with E-state index in [1.165, 1.54) is 11.3 Å². The standard InChI is InChI=1S/C22H23BrN2O/c1-22(2)12-19-18(20(26)13-22)14-24-21(15-8-10-16(23)11-9-15)25(19)17-6-4-3-5-7-17/h3-11,21,24H,12-14H2,1-2H3. The second-order valence-electron chi connectivity index (χ2n) is 7.91. The third kappa shape index (κ3) is 3.24. The third-order valence-corrected chi connectivity index (χ3v) is 5.74. The van der Waals surface area contributed by atoms with Gasteiger partial charge in [-0.25, -0.2) is 0 Å². The molecule has 1 aliphatic heterocycles. The Morgan fingerprint density at radius 3 is 2.42 bits per heavy atom. The Kier molecular flexibility index (Phi) is 4.49. The highest BCUT2D eigenvalue weighted by Gasteiger charge is 2.40. The number of anilines is 1. The van der Waals surface area contributed by atoms with E-state index in [1.807, 2.05) is 6.07 Å². The van der Waals surface area contributed by atoms with E-state index in [1.54, 1.807) is 0 Å². The lowest BCUT2D eigenvalue weighted by Gasteiger charge is -2.46. The van der Waals surface area contributed by atoms with Crippen molar-refractivity contribution < 1.29 is 4.79 Å². The van der Waals surface area contributed by atoms with Gasteiger partial charge in [-0.1, -0.05) is 60.1 Å². The summed E-state index contributed by atoms with van der Waals surface area (Å²) in [5, 5.41) is 3.59. The zero-order chi connectivity index (χ0) is 18.3. The molecule has 2 aromatic carbocycles. The first-order valence-corrected chi connectivity index (χ1v) is 9.82. The number of allylic oxidation sites excluding steroid dienone is 1. The zero-order valence-electron chi connectivity index (χ0n) is 15.1. The lowest BCUT2D eigenvalue weighted by atomic mass is 9.74. The number of Topliss-reactive ketones (excluding diaryl/α,β-unsaturated/α-hetero) is 1. The predicted octanol–water partition coefficient (Wildman–Crippen LogP) is 5.20. The maximum absolute atomic E-state index is 12.8. The molecule has 3 nitrogen and oxygen atoms in total. The highest BCUT2D eigenvalue weighted by atomic mass is 79.9. The van der Waals surface area contributed by atoms with Crippen LogP contribution in [0.4, 0.5) is 5.69 Å². The summed E-state index contributed by atoms with van der Waals surface area (Å²) in [6.45, 7) is 5.01. The lowest BCUT2D eigenvalue weighted by molar-refractivity contribution is -0.118. The molecule has 2 aliphatic rings. The van der Waals surface area contributed by atoms with Gasteiger partial charge >= 0.3 is 0 Å². The molecule has 1 heterocycles. The van der Waals surface area contributed by atoms with Gasteiger partial charge < -0.3 is 4.90 Å². The smallest absolute Gasteiger partial charge is 0.162 e. The number of benzene rings is 2. The van der Waals surface area contributed by atoms with E-state index in [0.29, 0.717) is 13.0 Å². The van der Waals surface area contributed by atoms with Gasteiger partial charge in [0.2, 0.25) is 0 Å². The molecule has 0 radical (unpaired) electrons. The number of para-hydroxylation sites is 1. The Bertz CT molecular complexity index is 855. The van der Waals surface area contributed by atoms with E-state index in [9.17, 15) is 4.79 Å². The normalized spacial score (nSPS) is 22.3. The number of hydrogen-bond acceptors (Lipinski definition) is 3. The van der Waals surface area contributed by atoms with Gasteiger partial charge in [0, 0.05) is 34.4 Å². The minimum Gasteiger partial charge on any atom is -0.325 e. The maximum atomic E-state index is 12.8. The summed E-state index contributed by atoms with van der Waals surface area (Å²) >= 11 is 3.52. The van der Waals surface area contributed by atoms with Crippen LogP contribution >= 0.6 is 15.9 Å². The first kappa shape index (κ1) is 17.5. The Hall–Kier alpha value is -1.91. The van der Waals surface area contributed by atoms with Crippen LogP contribution < -0.4 is 10.2 Å². The van der Waals surface area contributed by atoms with Gasteiger partial charge in [-0.3, -0.25) is 10.1 Å². The fraction of sp³-hybridized carbons (Fsp3) is 0.318. The van der Waals surface area contributed by atoms with Crippen LogP contribution in [0.15, 0.2) is 70.3 Å². The van der Waals surface area contributed by atoms with Crippen LogP contribution in [-0.2, 0) is 4.79 Å². The molecule has 0 amide bonds. The molecule has 1 N–H and O–H groups in total. The van der Waals surface area contributed by atoms with E-state index in [2.05, 4.69) is 88.5 Å². The SMILES string of the molecule is CC1(C)CC(=O)C2=C(C1)N(c1ccccc1)C(c1ccc(Br)cc1)NC2. The summed E-state index contributed by atoms with van der Waals surface area (Å²) in [7, 11) is 0. The molecule has 0 fully saturated rings. The highest BCUT2D eigenvalue weighted by Crippen LogP contribution is 2.44. The molecule has 26 heavy (non-hydrogen) atoms. The van der Waals surface area contributed by atoms with Crippen molar-refractivity contribution in [2.24, 2.45) is 5.41 Å². The average molecular weight is 411 g/mol. The largest absolute Gasteiger partial charge is 0.325 e. The Morgan fingerprint density at radius 2 is 1.73 bits per heavy atom. The van der Waals surface area contributed by atoms with Crippen LogP contribution in [0.3, 0.4) is 0 Å². The second-order valence-corrected chi connectivity index (χ2v) is 8.82. The molecular formula is C22H23BrN2O. The summed E-state index contributed by atoms with van der Waals surface area (Å²) in [5.74, 6) is 0.277. The zero-order valence-corrected chi connectivity index (χ0v) is 16.7. The fourth-order valence-corrected chi connectivity index (χ4v) is 4.27. The minimum atomic E-state index is -0.00937. The van der Waals surface area contributed by atoms with Gasteiger partial charge in [-0.2, -0.15) is 0 Å². The fourth-order valence-electron chi connectivity index (χ4n) is 4.01. The summed E-state index contributed by atoms with van der Waals surface area (Å²) < 4.78 is 1.07. The van der Waals surface area contributed by atoms with E-state index < -0.39 is 0 Å². The Morgan fingerprint density at radius 1 is 1.04 bits per heavy atom. The van der Waals surface area contributed by atoms with Gasteiger partial charge in [0.15, 0.2) is 5.78 Å².